The van der Waals surface area contributed by atoms with Crippen LogP contribution in [0, 0.1) is 0 Å². The van der Waals surface area contributed by atoms with Crippen LogP contribution in [-0.4, -0.2) is 17.5 Å². The van der Waals surface area contributed by atoms with E-state index in [9.17, 15) is 0 Å². The maximum Gasteiger partial charge on any atom is 1.00 e. The minimum absolute atomic E-state index is 0. The SMILES string of the molecule is O=S(=O)(O)O.[H-].[H-].[H-].[K+].[K+].[K+].[Zr]. The average Bonchev–Trinajstić information content (AvgIpc) is 0.722. The van der Waals surface area contributed by atoms with Crippen molar-refractivity contribution in [1.29, 1.82) is 0 Å². The van der Waals surface area contributed by atoms with Crippen molar-refractivity contribution in [3.63, 3.8) is 0 Å². The summed E-state index contributed by atoms with van der Waals surface area (Å²) in [5, 5.41) is 0. The van der Waals surface area contributed by atoms with Crippen molar-refractivity contribution in [2.45, 2.75) is 0 Å². The largest absolute Gasteiger partial charge is 1.00 e. The van der Waals surface area contributed by atoms with Crippen molar-refractivity contribution in [2.24, 2.45) is 0 Å². The van der Waals surface area contributed by atoms with Gasteiger partial charge in [-0.3, -0.25) is 9.11 Å². The zero-order chi connectivity index (χ0) is 4.50. The molecule has 0 bridgehead atoms. The maximum atomic E-state index is 8.74. The Morgan fingerprint density at radius 1 is 1.00 bits per heavy atom. The standard InChI is InChI=1S/3K.H2O4S.Zr.3H/c;;;1-5(2,3)4;;;;/h;;;(H2,1,2,3,4);;;;/q3*+1;;;3*-1. The van der Waals surface area contributed by atoms with Crippen LogP contribution in [0.15, 0.2) is 0 Å². The molecule has 0 unspecified atom stereocenters. The van der Waals surface area contributed by atoms with Crippen molar-refractivity contribution in [2.75, 3.05) is 0 Å². The molecule has 0 saturated carbocycles. The van der Waals surface area contributed by atoms with Gasteiger partial charge in [-0.25, -0.2) is 0 Å². The molecule has 9 heavy (non-hydrogen) atoms. The monoisotopic (exact) mass is 308 g/mol. The molecule has 0 saturated heterocycles. The minimum atomic E-state index is -4.67. The summed E-state index contributed by atoms with van der Waals surface area (Å²) in [4.78, 5) is 0. The Bertz CT molecular complexity index is 109. The molecule has 0 atom stereocenters. The molecule has 0 aromatic heterocycles. The van der Waals surface area contributed by atoms with Gasteiger partial charge in [-0.15, -0.1) is 0 Å². The van der Waals surface area contributed by atoms with E-state index in [0.717, 1.165) is 0 Å². The van der Waals surface area contributed by atoms with Gasteiger partial charge in [0.15, 0.2) is 0 Å². The van der Waals surface area contributed by atoms with Gasteiger partial charge >= 0.3 is 165 Å². The first-order valence-corrected chi connectivity index (χ1v) is 2.10. The van der Waals surface area contributed by atoms with Gasteiger partial charge in [-0.05, 0) is 0 Å². The first-order chi connectivity index (χ1) is 2.00. The predicted molar refractivity (Wildman–Crippen MR) is 17.5 cm³/mol. The van der Waals surface area contributed by atoms with Crippen LogP contribution in [0.25, 0.3) is 0 Å². The summed E-state index contributed by atoms with van der Waals surface area (Å²) in [6.45, 7) is 0. The minimum Gasteiger partial charge on any atom is -1.00 e. The second-order valence-corrected chi connectivity index (χ2v) is 1.34. The molecule has 0 aliphatic heterocycles. The summed E-state index contributed by atoms with van der Waals surface area (Å²) in [5.74, 6) is 0. The average molecular weight is 310 g/mol. The van der Waals surface area contributed by atoms with E-state index in [1.165, 1.54) is 0 Å². The molecule has 2 N–H and O–H groups in total. The van der Waals surface area contributed by atoms with Crippen LogP contribution in [-0.2, 0) is 36.6 Å². The fourth-order valence-corrected chi connectivity index (χ4v) is 0. The van der Waals surface area contributed by atoms with E-state index in [0.29, 0.717) is 0 Å². The zero-order valence-electron chi connectivity index (χ0n) is 8.62. The molecular formula is H5K3O4SZr. The van der Waals surface area contributed by atoms with Gasteiger partial charge in [-0.1, -0.05) is 0 Å². The Balaban J connectivity index is -0.00000000381. The molecule has 0 aliphatic rings. The molecule has 0 aliphatic carbocycles. The van der Waals surface area contributed by atoms with E-state index in [-0.39, 0.29) is 185 Å². The third kappa shape index (κ3) is 58.0. The van der Waals surface area contributed by atoms with Gasteiger partial charge in [0, 0.05) is 26.2 Å². The second-order valence-electron chi connectivity index (χ2n) is 0.448. The van der Waals surface area contributed by atoms with Gasteiger partial charge in [0.2, 0.25) is 0 Å². The zero-order valence-corrected chi connectivity index (χ0v) is 18.3. The number of rotatable bonds is 0. The van der Waals surface area contributed by atoms with E-state index in [4.69, 9.17) is 17.5 Å². The Morgan fingerprint density at radius 2 is 1.00 bits per heavy atom. The Labute approximate surface area is 205 Å². The van der Waals surface area contributed by atoms with E-state index in [1.54, 1.807) is 0 Å². The first-order valence-electron chi connectivity index (χ1n) is 0.698. The Kier molecular flexibility index (Phi) is 52.5. The summed E-state index contributed by atoms with van der Waals surface area (Å²) >= 11 is 0. The van der Waals surface area contributed by atoms with Gasteiger partial charge in [0.25, 0.3) is 0 Å². The predicted octanol–water partition coefficient (Wildman–Crippen LogP) is -9.31. The van der Waals surface area contributed by atoms with Gasteiger partial charge in [0.05, 0.1) is 0 Å². The van der Waals surface area contributed by atoms with Crippen molar-refractivity contribution in [1.82, 2.24) is 0 Å². The first kappa shape index (κ1) is 29.3. The third-order valence-electron chi connectivity index (χ3n) is 0. The molecule has 0 aromatic carbocycles. The summed E-state index contributed by atoms with van der Waals surface area (Å²) in [7, 11) is -4.67. The Morgan fingerprint density at radius 3 is 1.00 bits per heavy atom. The van der Waals surface area contributed by atoms with Gasteiger partial charge in [-0.2, -0.15) is 8.42 Å². The van der Waals surface area contributed by atoms with Crippen LogP contribution >= 0.6 is 0 Å². The van der Waals surface area contributed by atoms with Crippen LogP contribution < -0.4 is 154 Å². The van der Waals surface area contributed by atoms with Crippen LogP contribution in [0.5, 0.6) is 0 Å². The third-order valence-corrected chi connectivity index (χ3v) is 0. The molecule has 0 rings (SSSR count). The van der Waals surface area contributed by atoms with Crippen LogP contribution in [0.3, 0.4) is 0 Å². The molecule has 0 amide bonds. The van der Waals surface area contributed by atoms with Gasteiger partial charge < -0.3 is 4.28 Å². The molecule has 0 spiro atoms. The quantitative estimate of drug-likeness (QED) is 0.344. The van der Waals surface area contributed by atoms with E-state index in [1.807, 2.05) is 0 Å². The van der Waals surface area contributed by atoms with Crippen molar-refractivity contribution >= 4 is 10.4 Å². The van der Waals surface area contributed by atoms with Gasteiger partial charge in [0.1, 0.15) is 0 Å². The van der Waals surface area contributed by atoms with Crippen LogP contribution in [0.1, 0.15) is 4.28 Å². The normalized spacial score (nSPS) is 6.44. The summed E-state index contributed by atoms with van der Waals surface area (Å²) in [5.41, 5.74) is 0. The molecular weight excluding hydrogens is 305 g/mol. The summed E-state index contributed by atoms with van der Waals surface area (Å²) in [6.07, 6.45) is 0. The maximum absolute atomic E-state index is 8.74. The molecule has 0 heterocycles. The molecule has 0 aromatic rings. The molecule has 9 heteroatoms. The van der Waals surface area contributed by atoms with E-state index in [2.05, 4.69) is 0 Å². The summed E-state index contributed by atoms with van der Waals surface area (Å²) < 4.78 is 31.6. The Hall–Kier alpha value is 5.66. The summed E-state index contributed by atoms with van der Waals surface area (Å²) in [6, 6.07) is 0. The van der Waals surface area contributed by atoms with E-state index < -0.39 is 10.4 Å². The van der Waals surface area contributed by atoms with Crippen molar-refractivity contribution in [3.8, 4) is 0 Å². The van der Waals surface area contributed by atoms with E-state index >= 15 is 0 Å². The fraction of sp³-hybridized carbons (Fsp3) is 0. The van der Waals surface area contributed by atoms with Crippen molar-refractivity contribution < 1.29 is 202 Å². The topological polar surface area (TPSA) is 74.6 Å². The number of hydrogen-bond acceptors (Lipinski definition) is 2. The second kappa shape index (κ2) is 16.1. The van der Waals surface area contributed by atoms with Crippen molar-refractivity contribution in [3.05, 3.63) is 0 Å². The van der Waals surface area contributed by atoms with Crippen LogP contribution in [0.4, 0.5) is 0 Å². The fourth-order valence-electron chi connectivity index (χ4n) is 0. The van der Waals surface area contributed by atoms with Crippen LogP contribution in [0.2, 0.25) is 0 Å². The molecule has 4 nitrogen and oxygen atoms in total. The molecule has 42 valence electrons. The molecule has 0 fully saturated rings. The molecule has 0 radical (unpaired) electrons. The smallest absolute Gasteiger partial charge is 1.00 e. The number of hydrogen-bond donors (Lipinski definition) is 2.